The van der Waals surface area contributed by atoms with Gasteiger partial charge < -0.3 is 5.32 Å². The van der Waals surface area contributed by atoms with Crippen LogP contribution in [0.3, 0.4) is 0 Å². The molecule has 128 valence electrons. The number of hydrogen-bond acceptors (Lipinski definition) is 2. The molecule has 0 atom stereocenters. The van der Waals surface area contributed by atoms with Gasteiger partial charge in [0.15, 0.2) is 0 Å². The predicted octanol–water partition coefficient (Wildman–Crippen LogP) is 4.84. The van der Waals surface area contributed by atoms with Gasteiger partial charge in [0.05, 0.1) is 22.0 Å². The van der Waals surface area contributed by atoms with Gasteiger partial charge >= 0.3 is 0 Å². The lowest BCUT2D eigenvalue weighted by Crippen LogP contribution is -2.23. The summed E-state index contributed by atoms with van der Waals surface area (Å²) in [5.74, 6) is -0.211. The van der Waals surface area contributed by atoms with Gasteiger partial charge in [0.1, 0.15) is 0 Å². The highest BCUT2D eigenvalue weighted by atomic mass is 79.9. The molecular weight excluding hydrogens is 402 g/mol. The molecule has 0 aliphatic heterocycles. The molecule has 2 aromatic carbocycles. The van der Waals surface area contributed by atoms with Crippen LogP contribution in [0.1, 0.15) is 27.3 Å². The van der Waals surface area contributed by atoms with Gasteiger partial charge in [0, 0.05) is 22.3 Å². The highest BCUT2D eigenvalue weighted by molar-refractivity contribution is 9.10. The van der Waals surface area contributed by atoms with Gasteiger partial charge in [-0.15, -0.1) is 0 Å². The van der Waals surface area contributed by atoms with Crippen LogP contribution in [0.15, 0.2) is 53.0 Å². The molecule has 0 saturated heterocycles. The van der Waals surface area contributed by atoms with Crippen LogP contribution in [-0.4, -0.2) is 15.7 Å². The molecule has 0 spiro atoms. The normalized spacial score (nSPS) is 10.7. The molecule has 1 aromatic heterocycles. The Labute approximate surface area is 159 Å². The Morgan fingerprint density at radius 1 is 1.20 bits per heavy atom. The molecule has 25 heavy (non-hydrogen) atoms. The van der Waals surface area contributed by atoms with E-state index in [0.29, 0.717) is 17.1 Å². The summed E-state index contributed by atoms with van der Waals surface area (Å²) in [5.41, 5.74) is 4.34. The van der Waals surface area contributed by atoms with Crippen molar-refractivity contribution in [3.05, 3.63) is 80.5 Å². The number of benzene rings is 2. The Balaban J connectivity index is 1.81. The van der Waals surface area contributed by atoms with E-state index in [4.69, 9.17) is 11.6 Å². The molecule has 0 aliphatic carbocycles. The quantitative estimate of drug-likeness (QED) is 0.659. The largest absolute Gasteiger partial charge is 0.348 e. The zero-order valence-corrected chi connectivity index (χ0v) is 16.2. The number of nitrogens with one attached hydrogen (secondary N) is 1. The van der Waals surface area contributed by atoms with Crippen LogP contribution in [-0.2, 0) is 6.54 Å². The molecule has 4 nitrogen and oxygen atoms in total. The SMILES string of the molecule is Cc1nn(-c2ccccc2)c(C)c1CNC(=O)c1cc(Br)ccc1Cl. The molecule has 0 aliphatic rings. The van der Waals surface area contributed by atoms with E-state index >= 15 is 0 Å². The summed E-state index contributed by atoms with van der Waals surface area (Å²) in [6.07, 6.45) is 0. The van der Waals surface area contributed by atoms with Crippen LogP contribution >= 0.6 is 27.5 Å². The maximum absolute atomic E-state index is 12.4. The molecule has 1 amide bonds. The van der Waals surface area contributed by atoms with Gasteiger partial charge in [-0.1, -0.05) is 45.7 Å². The lowest BCUT2D eigenvalue weighted by Gasteiger charge is -2.08. The van der Waals surface area contributed by atoms with Crippen LogP contribution in [0.4, 0.5) is 0 Å². The molecule has 0 bridgehead atoms. The number of para-hydroxylation sites is 1. The van der Waals surface area contributed by atoms with Gasteiger partial charge in [-0.05, 0) is 44.2 Å². The van der Waals surface area contributed by atoms with Gasteiger partial charge in [0.25, 0.3) is 5.91 Å². The van der Waals surface area contributed by atoms with Crippen LogP contribution in [0, 0.1) is 13.8 Å². The third-order valence-corrected chi connectivity index (χ3v) is 4.86. The fourth-order valence-corrected chi connectivity index (χ4v) is 3.25. The van der Waals surface area contributed by atoms with Crippen molar-refractivity contribution in [2.75, 3.05) is 0 Å². The van der Waals surface area contributed by atoms with Crippen LogP contribution in [0.2, 0.25) is 5.02 Å². The van der Waals surface area contributed by atoms with Crippen molar-refractivity contribution in [2.24, 2.45) is 0 Å². The fourth-order valence-electron chi connectivity index (χ4n) is 2.69. The number of nitrogens with zero attached hydrogens (tertiary/aromatic N) is 2. The number of halogens is 2. The van der Waals surface area contributed by atoms with Crippen molar-refractivity contribution in [2.45, 2.75) is 20.4 Å². The Hall–Kier alpha value is -2.11. The standard InChI is InChI=1S/C19H17BrClN3O/c1-12-17(13(2)24(23-12)15-6-4-3-5-7-15)11-22-19(25)16-10-14(20)8-9-18(16)21/h3-10H,11H2,1-2H3,(H,22,25). The first kappa shape index (κ1) is 17.7. The third kappa shape index (κ3) is 3.78. The van der Waals surface area contributed by atoms with Gasteiger partial charge in [0.2, 0.25) is 0 Å². The van der Waals surface area contributed by atoms with Crippen molar-refractivity contribution in [1.82, 2.24) is 15.1 Å². The highest BCUT2D eigenvalue weighted by Gasteiger charge is 2.15. The minimum atomic E-state index is -0.211. The summed E-state index contributed by atoms with van der Waals surface area (Å²) in [7, 11) is 0. The van der Waals surface area contributed by atoms with Crippen LogP contribution in [0.5, 0.6) is 0 Å². The van der Waals surface area contributed by atoms with Crippen molar-refractivity contribution >= 4 is 33.4 Å². The zero-order valence-electron chi connectivity index (χ0n) is 13.9. The average Bonchev–Trinajstić information content (AvgIpc) is 2.90. The maximum Gasteiger partial charge on any atom is 0.253 e. The first-order valence-electron chi connectivity index (χ1n) is 7.81. The number of hydrogen-bond donors (Lipinski definition) is 1. The summed E-state index contributed by atoms with van der Waals surface area (Å²) in [6, 6.07) is 15.1. The number of carbonyl (C=O) groups is 1. The molecule has 1 N–H and O–H groups in total. The fraction of sp³-hybridized carbons (Fsp3) is 0.158. The monoisotopic (exact) mass is 417 g/mol. The van der Waals surface area contributed by atoms with Crippen molar-refractivity contribution in [3.8, 4) is 5.69 Å². The molecule has 6 heteroatoms. The molecule has 3 aromatic rings. The second-order valence-corrected chi connectivity index (χ2v) is 7.03. The highest BCUT2D eigenvalue weighted by Crippen LogP contribution is 2.22. The first-order valence-corrected chi connectivity index (χ1v) is 8.98. The van der Waals surface area contributed by atoms with Gasteiger partial charge in [-0.3, -0.25) is 4.79 Å². The lowest BCUT2D eigenvalue weighted by atomic mass is 10.1. The van der Waals surface area contributed by atoms with E-state index in [0.717, 1.165) is 27.1 Å². The number of rotatable bonds is 4. The molecule has 0 saturated carbocycles. The molecule has 0 unspecified atom stereocenters. The lowest BCUT2D eigenvalue weighted by molar-refractivity contribution is 0.0951. The van der Waals surface area contributed by atoms with E-state index in [9.17, 15) is 4.79 Å². The summed E-state index contributed by atoms with van der Waals surface area (Å²) >= 11 is 9.48. The minimum absolute atomic E-state index is 0.211. The van der Waals surface area contributed by atoms with Crippen molar-refractivity contribution in [3.63, 3.8) is 0 Å². The van der Waals surface area contributed by atoms with E-state index in [1.54, 1.807) is 18.2 Å². The Bertz CT molecular complexity index is 922. The van der Waals surface area contributed by atoms with E-state index in [1.165, 1.54) is 0 Å². The average molecular weight is 419 g/mol. The smallest absolute Gasteiger partial charge is 0.253 e. The van der Waals surface area contributed by atoms with Crippen LogP contribution in [0.25, 0.3) is 5.69 Å². The Morgan fingerprint density at radius 3 is 2.64 bits per heavy atom. The van der Waals surface area contributed by atoms with Crippen molar-refractivity contribution in [1.29, 1.82) is 0 Å². The topological polar surface area (TPSA) is 46.9 Å². The summed E-state index contributed by atoms with van der Waals surface area (Å²) < 4.78 is 2.70. The zero-order chi connectivity index (χ0) is 18.0. The molecular formula is C19H17BrClN3O. The van der Waals surface area contributed by atoms with E-state index in [1.807, 2.05) is 48.9 Å². The molecule has 3 rings (SSSR count). The van der Waals surface area contributed by atoms with E-state index in [2.05, 4.69) is 26.3 Å². The minimum Gasteiger partial charge on any atom is -0.348 e. The molecule has 0 fully saturated rings. The summed E-state index contributed by atoms with van der Waals surface area (Å²) in [4.78, 5) is 12.4. The number of aryl methyl sites for hydroxylation is 1. The second-order valence-electron chi connectivity index (χ2n) is 5.70. The maximum atomic E-state index is 12.4. The molecule has 1 heterocycles. The Kier molecular flexibility index (Phi) is 5.25. The van der Waals surface area contributed by atoms with E-state index < -0.39 is 0 Å². The number of amides is 1. The third-order valence-electron chi connectivity index (χ3n) is 4.04. The summed E-state index contributed by atoms with van der Waals surface area (Å²) in [5, 5.41) is 7.95. The van der Waals surface area contributed by atoms with Gasteiger partial charge in [-0.25, -0.2) is 4.68 Å². The molecule has 0 radical (unpaired) electrons. The van der Waals surface area contributed by atoms with Gasteiger partial charge in [-0.2, -0.15) is 5.10 Å². The first-order chi connectivity index (χ1) is 12.0. The second kappa shape index (κ2) is 7.42. The number of carbonyl (C=O) groups excluding carboxylic acids is 1. The predicted molar refractivity (Wildman–Crippen MR) is 103 cm³/mol. The number of aromatic nitrogens is 2. The van der Waals surface area contributed by atoms with E-state index in [-0.39, 0.29) is 5.91 Å². The van der Waals surface area contributed by atoms with Crippen LogP contribution < -0.4 is 5.32 Å². The summed E-state index contributed by atoms with van der Waals surface area (Å²) in [6.45, 7) is 4.34. The Morgan fingerprint density at radius 2 is 1.92 bits per heavy atom. The van der Waals surface area contributed by atoms with Crippen molar-refractivity contribution < 1.29 is 4.79 Å².